The summed E-state index contributed by atoms with van der Waals surface area (Å²) in [6, 6.07) is 15.9. The Morgan fingerprint density at radius 2 is 1.51 bits per heavy atom. The standard InChI is InChI=1S/C28H34N2O5/c1-16(2)25(26(31)30-13-19(14-30)17(3)27(32)33)18(4)29-28(34)35-15-24-22-11-7-5-9-20(22)21-10-6-8-12-23(21)24/h5-12,16-19,24-25H,13-15H2,1-4H3,(H,29,34)(H,32,33). The zero-order valence-corrected chi connectivity index (χ0v) is 20.7. The maximum Gasteiger partial charge on any atom is 0.407 e. The van der Waals surface area contributed by atoms with Crippen LogP contribution in [0.2, 0.25) is 0 Å². The lowest BCUT2D eigenvalue weighted by Crippen LogP contribution is -2.58. The summed E-state index contributed by atoms with van der Waals surface area (Å²) in [5.41, 5.74) is 4.63. The number of amides is 2. The molecule has 3 atom stereocenters. The number of carbonyl (C=O) groups excluding carboxylic acids is 2. The number of ether oxygens (including phenoxy) is 1. The van der Waals surface area contributed by atoms with Crippen molar-refractivity contribution in [2.24, 2.45) is 23.7 Å². The second kappa shape index (κ2) is 10.1. The van der Waals surface area contributed by atoms with E-state index < -0.39 is 29.9 Å². The van der Waals surface area contributed by atoms with Gasteiger partial charge in [0.15, 0.2) is 0 Å². The molecule has 1 fully saturated rings. The molecule has 4 rings (SSSR count). The van der Waals surface area contributed by atoms with Crippen molar-refractivity contribution in [2.45, 2.75) is 39.7 Å². The number of nitrogens with one attached hydrogen (secondary N) is 1. The predicted octanol–water partition coefficient (Wildman–Crippen LogP) is 4.36. The summed E-state index contributed by atoms with van der Waals surface area (Å²) in [6.07, 6.45) is -0.543. The molecule has 0 spiro atoms. The molecule has 0 radical (unpaired) electrons. The second-order valence-corrected chi connectivity index (χ2v) is 10.2. The summed E-state index contributed by atoms with van der Waals surface area (Å²) >= 11 is 0. The molecule has 1 aliphatic heterocycles. The number of carbonyl (C=O) groups is 3. The Morgan fingerprint density at radius 3 is 2.03 bits per heavy atom. The van der Waals surface area contributed by atoms with Crippen molar-refractivity contribution in [2.75, 3.05) is 19.7 Å². The predicted molar refractivity (Wildman–Crippen MR) is 133 cm³/mol. The zero-order valence-electron chi connectivity index (χ0n) is 20.7. The van der Waals surface area contributed by atoms with Crippen LogP contribution < -0.4 is 5.32 Å². The first-order valence-corrected chi connectivity index (χ1v) is 12.3. The topological polar surface area (TPSA) is 95.9 Å². The maximum absolute atomic E-state index is 13.2. The van der Waals surface area contributed by atoms with Gasteiger partial charge in [0.2, 0.25) is 5.91 Å². The molecule has 1 heterocycles. The SMILES string of the molecule is CC(C)C(C(=O)N1CC(C(C)C(=O)O)C1)C(C)NC(=O)OCC1c2ccccc2-c2ccccc21. The van der Waals surface area contributed by atoms with E-state index in [1.807, 2.05) is 45.0 Å². The average molecular weight is 479 g/mol. The van der Waals surface area contributed by atoms with Crippen LogP contribution >= 0.6 is 0 Å². The van der Waals surface area contributed by atoms with Crippen LogP contribution in [0.25, 0.3) is 11.1 Å². The molecular formula is C28H34N2O5. The summed E-state index contributed by atoms with van der Waals surface area (Å²) in [4.78, 5) is 38.8. The van der Waals surface area contributed by atoms with Crippen LogP contribution in [0.3, 0.4) is 0 Å². The Kier molecular flexibility index (Phi) is 7.15. The van der Waals surface area contributed by atoms with Gasteiger partial charge in [-0.05, 0) is 35.1 Å². The first-order chi connectivity index (χ1) is 16.7. The fourth-order valence-electron chi connectivity index (χ4n) is 5.41. The van der Waals surface area contributed by atoms with Gasteiger partial charge in [-0.25, -0.2) is 4.79 Å². The molecule has 0 aromatic heterocycles. The highest BCUT2D eigenvalue weighted by atomic mass is 16.5. The van der Waals surface area contributed by atoms with Gasteiger partial charge in [0.25, 0.3) is 0 Å². The van der Waals surface area contributed by atoms with Gasteiger partial charge in [0.1, 0.15) is 6.61 Å². The molecular weight excluding hydrogens is 444 g/mol. The molecule has 186 valence electrons. The van der Waals surface area contributed by atoms with E-state index in [0.717, 1.165) is 11.1 Å². The van der Waals surface area contributed by atoms with E-state index in [1.165, 1.54) is 11.1 Å². The van der Waals surface area contributed by atoms with Crippen LogP contribution in [0.5, 0.6) is 0 Å². The van der Waals surface area contributed by atoms with Crippen molar-refractivity contribution < 1.29 is 24.2 Å². The Balaban J connectivity index is 1.35. The molecule has 2 aromatic rings. The minimum atomic E-state index is -0.840. The minimum Gasteiger partial charge on any atom is -0.481 e. The highest BCUT2D eigenvalue weighted by Crippen LogP contribution is 2.44. The Morgan fingerprint density at radius 1 is 0.971 bits per heavy atom. The Labute approximate surface area is 206 Å². The van der Waals surface area contributed by atoms with E-state index >= 15 is 0 Å². The fourth-order valence-corrected chi connectivity index (χ4v) is 5.41. The summed E-state index contributed by atoms with van der Waals surface area (Å²) in [5, 5.41) is 12.1. The largest absolute Gasteiger partial charge is 0.481 e. The number of likely N-dealkylation sites (tertiary alicyclic amines) is 1. The Hall–Kier alpha value is -3.35. The highest BCUT2D eigenvalue weighted by Gasteiger charge is 2.41. The molecule has 0 saturated carbocycles. The van der Waals surface area contributed by atoms with Gasteiger partial charge in [-0.15, -0.1) is 0 Å². The number of alkyl carbamates (subject to hydrolysis) is 1. The first-order valence-electron chi connectivity index (χ1n) is 12.3. The van der Waals surface area contributed by atoms with Crippen molar-refractivity contribution in [3.05, 3.63) is 59.7 Å². The number of nitrogens with zero attached hydrogens (tertiary/aromatic N) is 1. The van der Waals surface area contributed by atoms with Crippen LogP contribution in [0.15, 0.2) is 48.5 Å². The summed E-state index contributed by atoms with van der Waals surface area (Å²) in [5.74, 6) is -1.85. The number of carboxylic acids is 1. The molecule has 2 aromatic carbocycles. The zero-order chi connectivity index (χ0) is 25.3. The molecule has 2 amide bonds. The maximum atomic E-state index is 13.2. The van der Waals surface area contributed by atoms with Crippen LogP contribution in [-0.2, 0) is 14.3 Å². The van der Waals surface area contributed by atoms with Gasteiger partial charge in [-0.1, -0.05) is 69.3 Å². The monoisotopic (exact) mass is 478 g/mol. The lowest BCUT2D eigenvalue weighted by atomic mass is 9.83. The average Bonchev–Trinajstić information content (AvgIpc) is 3.10. The molecule has 7 nitrogen and oxygen atoms in total. The van der Waals surface area contributed by atoms with Crippen molar-refractivity contribution in [1.29, 1.82) is 0 Å². The smallest absolute Gasteiger partial charge is 0.407 e. The number of benzene rings is 2. The van der Waals surface area contributed by atoms with E-state index in [1.54, 1.807) is 11.8 Å². The third-order valence-electron chi connectivity index (χ3n) is 7.55. The van der Waals surface area contributed by atoms with Crippen molar-refractivity contribution >= 4 is 18.0 Å². The summed E-state index contributed by atoms with van der Waals surface area (Å²) in [6.45, 7) is 8.50. The summed E-state index contributed by atoms with van der Waals surface area (Å²) in [7, 11) is 0. The third kappa shape index (κ3) is 4.90. The van der Waals surface area contributed by atoms with E-state index in [4.69, 9.17) is 4.74 Å². The molecule has 2 N–H and O–H groups in total. The lowest BCUT2D eigenvalue weighted by molar-refractivity contribution is -0.153. The third-order valence-corrected chi connectivity index (χ3v) is 7.55. The van der Waals surface area contributed by atoms with E-state index in [9.17, 15) is 19.5 Å². The van der Waals surface area contributed by atoms with E-state index in [2.05, 4.69) is 29.6 Å². The number of hydrogen-bond donors (Lipinski definition) is 2. The van der Waals surface area contributed by atoms with Crippen molar-refractivity contribution in [1.82, 2.24) is 10.2 Å². The molecule has 0 bridgehead atoms. The van der Waals surface area contributed by atoms with Gasteiger partial charge in [-0.3, -0.25) is 9.59 Å². The van der Waals surface area contributed by atoms with Gasteiger partial charge in [0, 0.05) is 31.0 Å². The number of carboxylic acid groups (broad SMARTS) is 1. The van der Waals surface area contributed by atoms with Crippen LogP contribution in [0.1, 0.15) is 44.7 Å². The summed E-state index contributed by atoms with van der Waals surface area (Å²) < 4.78 is 5.66. The quantitative estimate of drug-likeness (QED) is 0.588. The number of fused-ring (bicyclic) bond motifs is 3. The van der Waals surface area contributed by atoms with Gasteiger partial charge in [0.05, 0.1) is 11.8 Å². The van der Waals surface area contributed by atoms with Crippen molar-refractivity contribution in [3.8, 4) is 11.1 Å². The first kappa shape index (κ1) is 24.8. The van der Waals surface area contributed by atoms with Crippen LogP contribution in [0, 0.1) is 23.7 Å². The van der Waals surface area contributed by atoms with Gasteiger partial charge in [-0.2, -0.15) is 0 Å². The number of aliphatic carboxylic acids is 1. The Bertz CT molecular complexity index is 1060. The fraction of sp³-hybridized carbons (Fsp3) is 0.464. The molecule has 1 aliphatic carbocycles. The highest BCUT2D eigenvalue weighted by molar-refractivity contribution is 5.82. The minimum absolute atomic E-state index is 0.00216. The molecule has 2 aliphatic rings. The number of rotatable bonds is 8. The van der Waals surface area contributed by atoms with Crippen LogP contribution in [0.4, 0.5) is 4.79 Å². The van der Waals surface area contributed by atoms with Gasteiger partial charge >= 0.3 is 12.1 Å². The normalized spacial score (nSPS) is 17.7. The van der Waals surface area contributed by atoms with Gasteiger partial charge < -0.3 is 20.1 Å². The van der Waals surface area contributed by atoms with E-state index in [-0.39, 0.29) is 30.3 Å². The molecule has 35 heavy (non-hydrogen) atoms. The lowest BCUT2D eigenvalue weighted by Gasteiger charge is -2.44. The molecule has 7 heteroatoms. The van der Waals surface area contributed by atoms with E-state index in [0.29, 0.717) is 13.1 Å². The van der Waals surface area contributed by atoms with Crippen molar-refractivity contribution in [3.63, 3.8) is 0 Å². The number of hydrogen-bond acceptors (Lipinski definition) is 4. The molecule has 1 saturated heterocycles. The second-order valence-electron chi connectivity index (χ2n) is 10.2. The molecule has 3 unspecified atom stereocenters. The van der Waals surface area contributed by atoms with Crippen LogP contribution in [-0.4, -0.2) is 53.7 Å².